The second-order valence-corrected chi connectivity index (χ2v) is 10.5. The standard InChI is InChI=1S/C24H32ClN3O5S/c1-4-21(28(34(3,30)31)22-15-20(25)8-9-23(22)32-2)24(29)26-16-18-6-5-7-19(14-18)17-27-10-12-33-13-11-27/h5-9,14-15,21H,4,10-13,16-17H2,1-3H3,(H,26,29)/t21-/m1/s1. The third-order valence-corrected chi connectivity index (χ3v) is 7.08. The molecule has 186 valence electrons. The Bertz CT molecular complexity index is 1090. The summed E-state index contributed by atoms with van der Waals surface area (Å²) in [6.45, 7) is 6.14. The topological polar surface area (TPSA) is 88.2 Å². The van der Waals surface area contributed by atoms with Crippen LogP contribution in [0.2, 0.25) is 5.02 Å². The molecular formula is C24H32ClN3O5S. The first-order chi connectivity index (χ1) is 16.2. The van der Waals surface area contributed by atoms with E-state index in [4.69, 9.17) is 21.1 Å². The normalized spacial score (nSPS) is 15.5. The highest BCUT2D eigenvalue weighted by Gasteiger charge is 2.33. The number of nitrogens with one attached hydrogen (secondary N) is 1. The Morgan fingerprint density at radius 2 is 1.91 bits per heavy atom. The summed E-state index contributed by atoms with van der Waals surface area (Å²) in [5, 5.41) is 3.25. The van der Waals surface area contributed by atoms with Crippen LogP contribution in [0.5, 0.6) is 5.75 Å². The number of halogens is 1. The first-order valence-corrected chi connectivity index (χ1v) is 13.4. The maximum absolute atomic E-state index is 13.2. The largest absolute Gasteiger partial charge is 0.495 e. The first kappa shape index (κ1) is 26.3. The zero-order chi connectivity index (χ0) is 24.7. The molecule has 1 saturated heterocycles. The average molecular weight is 510 g/mol. The Labute approximate surface area is 206 Å². The van der Waals surface area contributed by atoms with Crippen LogP contribution in [0.3, 0.4) is 0 Å². The molecule has 8 nitrogen and oxygen atoms in total. The molecule has 1 amide bonds. The van der Waals surface area contributed by atoms with E-state index < -0.39 is 22.0 Å². The lowest BCUT2D eigenvalue weighted by Crippen LogP contribution is -2.49. The molecule has 0 unspecified atom stereocenters. The van der Waals surface area contributed by atoms with E-state index in [1.54, 1.807) is 19.1 Å². The number of amides is 1. The van der Waals surface area contributed by atoms with Crippen molar-refractivity contribution in [3.05, 3.63) is 58.6 Å². The lowest BCUT2D eigenvalue weighted by Gasteiger charge is -2.31. The van der Waals surface area contributed by atoms with Crippen molar-refractivity contribution >= 4 is 33.2 Å². The first-order valence-electron chi connectivity index (χ1n) is 11.2. The van der Waals surface area contributed by atoms with Gasteiger partial charge in [-0.05, 0) is 35.7 Å². The van der Waals surface area contributed by atoms with Gasteiger partial charge in [-0.1, -0.05) is 42.8 Å². The Morgan fingerprint density at radius 3 is 2.56 bits per heavy atom. The van der Waals surface area contributed by atoms with Gasteiger partial charge in [0.15, 0.2) is 0 Å². The van der Waals surface area contributed by atoms with Crippen molar-refractivity contribution in [2.75, 3.05) is 44.0 Å². The SMILES string of the molecule is CC[C@H](C(=O)NCc1cccc(CN2CCOCC2)c1)N(c1cc(Cl)ccc1OC)S(C)(=O)=O. The van der Waals surface area contributed by atoms with Crippen molar-refractivity contribution in [3.63, 3.8) is 0 Å². The van der Waals surface area contributed by atoms with E-state index in [1.165, 1.54) is 13.2 Å². The molecule has 2 aromatic carbocycles. The van der Waals surface area contributed by atoms with Crippen LogP contribution in [-0.2, 0) is 32.6 Å². The highest BCUT2D eigenvalue weighted by atomic mass is 35.5. The summed E-state index contributed by atoms with van der Waals surface area (Å²) < 4.78 is 37.4. The molecule has 0 aromatic heterocycles. The Balaban J connectivity index is 1.75. The third-order valence-electron chi connectivity index (χ3n) is 5.68. The molecule has 1 aliphatic heterocycles. The molecule has 0 aliphatic carbocycles. The van der Waals surface area contributed by atoms with Gasteiger partial charge in [0.25, 0.3) is 0 Å². The van der Waals surface area contributed by atoms with Crippen molar-refractivity contribution < 1.29 is 22.7 Å². The summed E-state index contributed by atoms with van der Waals surface area (Å²) in [4.78, 5) is 15.5. The van der Waals surface area contributed by atoms with Gasteiger partial charge in [-0.3, -0.25) is 14.0 Å². The van der Waals surface area contributed by atoms with Crippen LogP contribution in [-0.4, -0.2) is 64.9 Å². The predicted octanol–water partition coefficient (Wildman–Crippen LogP) is 3.04. The molecule has 0 radical (unpaired) electrons. The molecule has 0 spiro atoms. The van der Waals surface area contributed by atoms with Crippen molar-refractivity contribution in [2.24, 2.45) is 0 Å². The van der Waals surface area contributed by atoms with E-state index in [0.717, 1.165) is 54.5 Å². The smallest absolute Gasteiger partial charge is 0.244 e. The van der Waals surface area contributed by atoms with E-state index in [2.05, 4.69) is 22.3 Å². The molecule has 0 saturated carbocycles. The number of hydrogen-bond donors (Lipinski definition) is 1. The molecule has 2 aromatic rings. The summed E-state index contributed by atoms with van der Waals surface area (Å²) in [7, 11) is -2.37. The van der Waals surface area contributed by atoms with Crippen LogP contribution in [0.4, 0.5) is 5.69 Å². The number of carbonyl (C=O) groups is 1. The lowest BCUT2D eigenvalue weighted by molar-refractivity contribution is -0.122. The van der Waals surface area contributed by atoms with Crippen LogP contribution in [0.25, 0.3) is 0 Å². The fourth-order valence-electron chi connectivity index (χ4n) is 4.03. The van der Waals surface area contributed by atoms with Crippen LogP contribution in [0.1, 0.15) is 24.5 Å². The van der Waals surface area contributed by atoms with Gasteiger partial charge in [-0.15, -0.1) is 0 Å². The van der Waals surface area contributed by atoms with Gasteiger partial charge in [-0.25, -0.2) is 8.42 Å². The Morgan fingerprint density at radius 1 is 1.21 bits per heavy atom. The summed E-state index contributed by atoms with van der Waals surface area (Å²) in [6, 6.07) is 11.8. The second-order valence-electron chi connectivity index (χ2n) is 8.23. The number of hydrogen-bond acceptors (Lipinski definition) is 6. The Kier molecular flexibility index (Phi) is 9.18. The molecule has 1 atom stereocenters. The minimum atomic E-state index is -3.81. The van der Waals surface area contributed by atoms with Crippen LogP contribution in [0.15, 0.2) is 42.5 Å². The lowest BCUT2D eigenvalue weighted by atomic mass is 10.1. The van der Waals surface area contributed by atoms with E-state index in [-0.39, 0.29) is 18.7 Å². The quantitative estimate of drug-likeness (QED) is 0.529. The zero-order valence-electron chi connectivity index (χ0n) is 19.8. The van der Waals surface area contributed by atoms with E-state index >= 15 is 0 Å². The van der Waals surface area contributed by atoms with Gasteiger partial charge in [0.2, 0.25) is 15.9 Å². The third kappa shape index (κ3) is 6.85. The van der Waals surface area contributed by atoms with Gasteiger partial charge in [0, 0.05) is 31.2 Å². The maximum atomic E-state index is 13.2. The van der Waals surface area contributed by atoms with Crippen LogP contribution in [0, 0.1) is 0 Å². The monoisotopic (exact) mass is 509 g/mol. The fraction of sp³-hybridized carbons (Fsp3) is 0.458. The second kappa shape index (κ2) is 11.9. The summed E-state index contributed by atoms with van der Waals surface area (Å²) in [5.41, 5.74) is 2.33. The molecule has 1 N–H and O–H groups in total. The zero-order valence-corrected chi connectivity index (χ0v) is 21.4. The number of ether oxygens (including phenoxy) is 2. The fourth-order valence-corrected chi connectivity index (χ4v) is 5.41. The molecule has 3 rings (SSSR count). The molecule has 0 bridgehead atoms. The summed E-state index contributed by atoms with van der Waals surface area (Å²) >= 11 is 6.13. The highest BCUT2D eigenvalue weighted by Crippen LogP contribution is 2.34. The number of nitrogens with zero attached hydrogens (tertiary/aromatic N) is 2. The molecule has 10 heteroatoms. The molecular weight excluding hydrogens is 478 g/mol. The van der Waals surface area contributed by atoms with Crippen molar-refractivity contribution in [1.82, 2.24) is 10.2 Å². The molecule has 34 heavy (non-hydrogen) atoms. The van der Waals surface area contributed by atoms with E-state index in [9.17, 15) is 13.2 Å². The van der Waals surface area contributed by atoms with Crippen LogP contribution < -0.4 is 14.4 Å². The average Bonchev–Trinajstić information content (AvgIpc) is 2.81. The number of rotatable bonds is 10. The summed E-state index contributed by atoms with van der Waals surface area (Å²) in [5.74, 6) is -0.0783. The van der Waals surface area contributed by atoms with E-state index in [0.29, 0.717) is 10.8 Å². The Hall–Kier alpha value is -2.33. The number of benzene rings is 2. The van der Waals surface area contributed by atoms with E-state index in [1.807, 2.05) is 12.1 Å². The minimum Gasteiger partial charge on any atom is -0.495 e. The minimum absolute atomic E-state index is 0.229. The van der Waals surface area contributed by atoms with Crippen molar-refractivity contribution in [3.8, 4) is 5.75 Å². The van der Waals surface area contributed by atoms with Crippen LogP contribution >= 0.6 is 11.6 Å². The molecule has 1 fully saturated rings. The van der Waals surface area contributed by atoms with Crippen molar-refractivity contribution in [1.29, 1.82) is 0 Å². The van der Waals surface area contributed by atoms with Gasteiger partial charge < -0.3 is 14.8 Å². The molecule has 1 heterocycles. The van der Waals surface area contributed by atoms with Gasteiger partial charge in [0.05, 0.1) is 32.3 Å². The van der Waals surface area contributed by atoms with Crippen molar-refractivity contribution in [2.45, 2.75) is 32.5 Å². The number of methoxy groups -OCH3 is 1. The number of carbonyl (C=O) groups excluding carboxylic acids is 1. The number of anilines is 1. The summed E-state index contributed by atoms with van der Waals surface area (Å²) in [6.07, 6.45) is 1.34. The molecule has 1 aliphatic rings. The maximum Gasteiger partial charge on any atom is 0.244 e. The predicted molar refractivity (Wildman–Crippen MR) is 134 cm³/mol. The van der Waals surface area contributed by atoms with Gasteiger partial charge in [-0.2, -0.15) is 0 Å². The number of morpholine rings is 1. The van der Waals surface area contributed by atoms with Gasteiger partial charge in [0.1, 0.15) is 11.8 Å². The highest BCUT2D eigenvalue weighted by molar-refractivity contribution is 7.92. The van der Waals surface area contributed by atoms with Gasteiger partial charge >= 0.3 is 0 Å². The number of sulfonamides is 1.